The molecule has 1 unspecified atom stereocenters. The van der Waals surface area contributed by atoms with Crippen molar-refractivity contribution in [3.63, 3.8) is 0 Å². The summed E-state index contributed by atoms with van der Waals surface area (Å²) >= 11 is 4.68. The highest BCUT2D eigenvalue weighted by atomic mass is 79.9. The van der Waals surface area contributed by atoms with Crippen LogP contribution >= 0.6 is 27.3 Å². The minimum atomic E-state index is -0.0152. The number of anilines is 1. The minimum absolute atomic E-state index is 0.0152. The standard InChI is InChI=1S/C8H9BrN4OS/c1-4-3-10-6(14-4)5(2)11-8-13-12-7(9)15-8/h3,5H,1-2H3,(H,11,13). The molecule has 2 rings (SSSR count). The van der Waals surface area contributed by atoms with Gasteiger partial charge in [-0.1, -0.05) is 11.3 Å². The second-order valence-corrected chi connectivity index (χ2v) is 5.29. The summed E-state index contributed by atoms with van der Waals surface area (Å²) in [5.41, 5.74) is 0. The fourth-order valence-corrected chi connectivity index (χ4v) is 2.18. The molecule has 0 aliphatic rings. The lowest BCUT2D eigenvalue weighted by Crippen LogP contribution is -2.06. The quantitative estimate of drug-likeness (QED) is 0.941. The summed E-state index contributed by atoms with van der Waals surface area (Å²) in [6, 6.07) is -0.0152. The lowest BCUT2D eigenvalue weighted by Gasteiger charge is -2.07. The molecular formula is C8H9BrN4OS. The van der Waals surface area contributed by atoms with E-state index in [1.165, 1.54) is 11.3 Å². The van der Waals surface area contributed by atoms with Gasteiger partial charge in [0.2, 0.25) is 11.0 Å². The van der Waals surface area contributed by atoms with Gasteiger partial charge < -0.3 is 9.73 Å². The van der Waals surface area contributed by atoms with Crippen molar-refractivity contribution in [2.45, 2.75) is 19.9 Å². The summed E-state index contributed by atoms with van der Waals surface area (Å²) in [5.74, 6) is 1.45. The Kier molecular flexibility index (Phi) is 3.01. The van der Waals surface area contributed by atoms with Crippen LogP contribution in [-0.4, -0.2) is 15.2 Å². The van der Waals surface area contributed by atoms with Gasteiger partial charge in [0, 0.05) is 0 Å². The fourth-order valence-electron chi connectivity index (χ4n) is 1.08. The van der Waals surface area contributed by atoms with Crippen molar-refractivity contribution in [3.05, 3.63) is 21.8 Å². The number of nitrogens with zero attached hydrogens (tertiary/aromatic N) is 3. The normalized spacial score (nSPS) is 12.7. The molecule has 7 heteroatoms. The molecule has 0 aromatic carbocycles. The molecule has 0 saturated heterocycles. The molecule has 0 fully saturated rings. The van der Waals surface area contributed by atoms with Gasteiger partial charge >= 0.3 is 0 Å². The summed E-state index contributed by atoms with van der Waals surface area (Å²) in [6.45, 7) is 3.82. The Morgan fingerprint density at radius 2 is 2.33 bits per heavy atom. The van der Waals surface area contributed by atoms with Crippen LogP contribution in [0.25, 0.3) is 0 Å². The van der Waals surface area contributed by atoms with E-state index in [1.807, 2.05) is 13.8 Å². The maximum atomic E-state index is 5.40. The van der Waals surface area contributed by atoms with Gasteiger partial charge in [0.1, 0.15) is 11.8 Å². The summed E-state index contributed by atoms with van der Waals surface area (Å²) in [4.78, 5) is 4.13. The fraction of sp³-hybridized carbons (Fsp3) is 0.375. The van der Waals surface area contributed by atoms with Gasteiger partial charge in [0.25, 0.3) is 0 Å². The molecule has 0 spiro atoms. The van der Waals surface area contributed by atoms with E-state index in [-0.39, 0.29) is 6.04 Å². The topological polar surface area (TPSA) is 63.8 Å². The van der Waals surface area contributed by atoms with Crippen LogP contribution in [0.15, 0.2) is 14.5 Å². The third kappa shape index (κ3) is 2.54. The molecule has 2 heterocycles. The van der Waals surface area contributed by atoms with Crippen LogP contribution in [0.2, 0.25) is 0 Å². The van der Waals surface area contributed by atoms with E-state index in [9.17, 15) is 0 Å². The van der Waals surface area contributed by atoms with E-state index in [4.69, 9.17) is 4.42 Å². The molecule has 0 amide bonds. The molecule has 0 aliphatic heterocycles. The van der Waals surface area contributed by atoms with Gasteiger partial charge in [-0.3, -0.25) is 0 Å². The van der Waals surface area contributed by atoms with Crippen molar-refractivity contribution in [3.8, 4) is 0 Å². The largest absolute Gasteiger partial charge is 0.444 e. The first-order chi connectivity index (χ1) is 7.15. The number of halogens is 1. The van der Waals surface area contributed by atoms with Crippen molar-refractivity contribution in [1.29, 1.82) is 0 Å². The highest BCUT2D eigenvalue weighted by molar-refractivity contribution is 9.11. The van der Waals surface area contributed by atoms with E-state index in [0.717, 1.165) is 14.8 Å². The maximum absolute atomic E-state index is 5.40. The zero-order chi connectivity index (χ0) is 10.8. The highest BCUT2D eigenvalue weighted by Crippen LogP contribution is 2.24. The zero-order valence-electron chi connectivity index (χ0n) is 8.19. The molecule has 0 saturated carbocycles. The third-order valence-corrected chi connectivity index (χ3v) is 3.04. The average Bonchev–Trinajstić information content (AvgIpc) is 2.75. The van der Waals surface area contributed by atoms with Crippen LogP contribution in [0.4, 0.5) is 5.13 Å². The molecule has 1 N–H and O–H groups in total. The molecule has 15 heavy (non-hydrogen) atoms. The average molecular weight is 289 g/mol. The van der Waals surface area contributed by atoms with Crippen LogP contribution in [0, 0.1) is 6.92 Å². The first-order valence-corrected chi connectivity index (χ1v) is 5.94. The Labute approximate surface area is 99.1 Å². The van der Waals surface area contributed by atoms with Crippen LogP contribution in [0.3, 0.4) is 0 Å². The first kappa shape index (κ1) is 10.6. The van der Waals surface area contributed by atoms with Crippen LogP contribution in [0.1, 0.15) is 24.6 Å². The Balaban J connectivity index is 2.06. The summed E-state index contributed by atoms with van der Waals surface area (Å²) in [5, 5.41) is 11.7. The van der Waals surface area contributed by atoms with E-state index in [1.54, 1.807) is 6.20 Å². The lowest BCUT2D eigenvalue weighted by atomic mass is 10.3. The van der Waals surface area contributed by atoms with Gasteiger partial charge in [-0.05, 0) is 29.8 Å². The van der Waals surface area contributed by atoms with Crippen molar-refractivity contribution in [1.82, 2.24) is 15.2 Å². The Morgan fingerprint density at radius 1 is 1.53 bits per heavy atom. The Hall–Kier alpha value is -0.950. The summed E-state index contributed by atoms with van der Waals surface area (Å²) in [6.07, 6.45) is 1.70. The molecule has 2 aromatic heterocycles. The summed E-state index contributed by atoms with van der Waals surface area (Å²) < 4.78 is 6.15. The van der Waals surface area contributed by atoms with Gasteiger partial charge in [0.15, 0.2) is 3.92 Å². The number of aromatic nitrogens is 3. The molecule has 0 radical (unpaired) electrons. The SMILES string of the molecule is Cc1cnc(C(C)Nc2nnc(Br)s2)o1. The van der Waals surface area contributed by atoms with Crippen molar-refractivity contribution >= 4 is 32.4 Å². The van der Waals surface area contributed by atoms with Gasteiger partial charge in [-0.2, -0.15) is 0 Å². The number of hydrogen-bond donors (Lipinski definition) is 1. The summed E-state index contributed by atoms with van der Waals surface area (Å²) in [7, 11) is 0. The lowest BCUT2D eigenvalue weighted by molar-refractivity contribution is 0.453. The highest BCUT2D eigenvalue weighted by Gasteiger charge is 2.12. The van der Waals surface area contributed by atoms with Crippen molar-refractivity contribution in [2.75, 3.05) is 5.32 Å². The van der Waals surface area contributed by atoms with Crippen LogP contribution < -0.4 is 5.32 Å². The van der Waals surface area contributed by atoms with Gasteiger partial charge in [-0.15, -0.1) is 10.2 Å². The smallest absolute Gasteiger partial charge is 0.216 e. The van der Waals surface area contributed by atoms with E-state index < -0.39 is 0 Å². The van der Waals surface area contributed by atoms with Gasteiger partial charge in [-0.25, -0.2) is 4.98 Å². The minimum Gasteiger partial charge on any atom is -0.444 e. The van der Waals surface area contributed by atoms with Crippen LogP contribution in [-0.2, 0) is 0 Å². The van der Waals surface area contributed by atoms with E-state index >= 15 is 0 Å². The number of aryl methyl sites for hydroxylation is 1. The molecule has 0 aliphatic carbocycles. The van der Waals surface area contributed by atoms with Crippen molar-refractivity contribution < 1.29 is 4.42 Å². The van der Waals surface area contributed by atoms with E-state index in [2.05, 4.69) is 36.4 Å². The number of rotatable bonds is 3. The molecule has 5 nitrogen and oxygen atoms in total. The second-order valence-electron chi connectivity index (χ2n) is 3.04. The molecule has 1 atom stereocenters. The predicted molar refractivity (Wildman–Crippen MR) is 60.9 cm³/mol. The van der Waals surface area contributed by atoms with E-state index in [0.29, 0.717) is 5.89 Å². The van der Waals surface area contributed by atoms with Crippen molar-refractivity contribution in [2.24, 2.45) is 0 Å². The number of oxazole rings is 1. The zero-order valence-corrected chi connectivity index (χ0v) is 10.6. The monoisotopic (exact) mass is 288 g/mol. The second kappa shape index (κ2) is 4.28. The third-order valence-electron chi connectivity index (χ3n) is 1.75. The molecule has 80 valence electrons. The number of nitrogens with one attached hydrogen (secondary N) is 1. The first-order valence-electron chi connectivity index (χ1n) is 4.33. The molecule has 2 aromatic rings. The maximum Gasteiger partial charge on any atom is 0.216 e. The van der Waals surface area contributed by atoms with Crippen LogP contribution in [0.5, 0.6) is 0 Å². The predicted octanol–water partition coefficient (Wildman–Crippen LogP) is 2.77. The Bertz CT molecular complexity index is 455. The Morgan fingerprint density at radius 3 is 2.87 bits per heavy atom. The van der Waals surface area contributed by atoms with Gasteiger partial charge in [0.05, 0.1) is 6.20 Å². The number of hydrogen-bond acceptors (Lipinski definition) is 6. The molecular weight excluding hydrogens is 280 g/mol. The molecule has 0 bridgehead atoms.